The number of nitrogens with zero attached hydrogens (tertiary/aromatic N) is 1. The molecule has 34 heavy (non-hydrogen) atoms. The standard InChI is InChI=1S/C25H22N4O5/c1-33-21-9-8-17(11-22(21)34-15-16-5-4-10-26-12-16)29-23(30)14-28-25(32)19-13-27-20-7-3-2-6-18(20)24(19)31/h2-13H,14-15H2,1H3,(H,27,31)(H,28,32)(H,29,30). The van der Waals surface area contributed by atoms with Crippen molar-refractivity contribution < 1.29 is 19.1 Å². The maximum absolute atomic E-state index is 12.6. The number of aromatic amines is 1. The van der Waals surface area contributed by atoms with Crippen molar-refractivity contribution >= 4 is 28.4 Å². The highest BCUT2D eigenvalue weighted by Crippen LogP contribution is 2.30. The highest BCUT2D eigenvalue weighted by molar-refractivity contribution is 6.00. The highest BCUT2D eigenvalue weighted by Gasteiger charge is 2.14. The van der Waals surface area contributed by atoms with E-state index in [0.29, 0.717) is 28.1 Å². The first-order valence-electron chi connectivity index (χ1n) is 10.4. The summed E-state index contributed by atoms with van der Waals surface area (Å²) < 4.78 is 11.1. The van der Waals surface area contributed by atoms with Gasteiger partial charge in [-0.1, -0.05) is 18.2 Å². The van der Waals surface area contributed by atoms with Crippen LogP contribution in [0.1, 0.15) is 15.9 Å². The molecule has 0 radical (unpaired) electrons. The van der Waals surface area contributed by atoms with Crippen molar-refractivity contribution in [1.29, 1.82) is 0 Å². The van der Waals surface area contributed by atoms with Gasteiger partial charge in [-0.15, -0.1) is 0 Å². The summed E-state index contributed by atoms with van der Waals surface area (Å²) in [5.74, 6) is -0.159. The molecule has 0 saturated carbocycles. The van der Waals surface area contributed by atoms with Crippen molar-refractivity contribution in [3.63, 3.8) is 0 Å². The number of carbonyl (C=O) groups is 2. The minimum atomic E-state index is -0.641. The second kappa shape index (κ2) is 10.3. The normalized spacial score (nSPS) is 10.5. The van der Waals surface area contributed by atoms with E-state index in [1.165, 1.54) is 13.3 Å². The van der Waals surface area contributed by atoms with Crippen LogP contribution in [0, 0.1) is 0 Å². The second-order valence-electron chi connectivity index (χ2n) is 7.32. The van der Waals surface area contributed by atoms with Gasteiger partial charge in [0, 0.05) is 46.8 Å². The van der Waals surface area contributed by atoms with E-state index in [2.05, 4.69) is 20.6 Å². The fourth-order valence-corrected chi connectivity index (χ4v) is 3.31. The molecular weight excluding hydrogens is 436 g/mol. The molecule has 0 aliphatic rings. The number of ether oxygens (including phenoxy) is 2. The molecule has 0 unspecified atom stereocenters. The number of rotatable bonds is 8. The second-order valence-corrected chi connectivity index (χ2v) is 7.32. The monoisotopic (exact) mass is 458 g/mol. The van der Waals surface area contributed by atoms with Crippen molar-refractivity contribution in [2.75, 3.05) is 19.0 Å². The average Bonchev–Trinajstić information content (AvgIpc) is 2.87. The molecular formula is C25H22N4O5. The molecule has 4 aromatic rings. The van der Waals surface area contributed by atoms with Crippen LogP contribution < -0.4 is 25.5 Å². The first-order valence-corrected chi connectivity index (χ1v) is 10.4. The number of H-pyrrole nitrogens is 1. The molecule has 0 bridgehead atoms. The van der Waals surface area contributed by atoms with Crippen LogP contribution in [0.4, 0.5) is 5.69 Å². The number of para-hydroxylation sites is 1. The van der Waals surface area contributed by atoms with Crippen LogP contribution in [0.3, 0.4) is 0 Å². The van der Waals surface area contributed by atoms with Gasteiger partial charge in [-0.3, -0.25) is 19.4 Å². The first kappa shape index (κ1) is 22.5. The lowest BCUT2D eigenvalue weighted by Gasteiger charge is -2.13. The van der Waals surface area contributed by atoms with Crippen LogP contribution in [0.25, 0.3) is 10.9 Å². The molecule has 0 aliphatic heterocycles. The molecule has 0 saturated heterocycles. The number of pyridine rings is 2. The van der Waals surface area contributed by atoms with E-state index in [4.69, 9.17) is 9.47 Å². The van der Waals surface area contributed by atoms with Crippen LogP contribution in [0.2, 0.25) is 0 Å². The summed E-state index contributed by atoms with van der Waals surface area (Å²) in [6, 6.07) is 15.5. The number of hydrogen-bond acceptors (Lipinski definition) is 6. The number of carbonyl (C=O) groups excluding carboxylic acids is 2. The van der Waals surface area contributed by atoms with Gasteiger partial charge in [0.1, 0.15) is 12.2 Å². The Labute approximate surface area is 194 Å². The molecule has 0 aliphatic carbocycles. The van der Waals surface area contributed by atoms with Gasteiger partial charge < -0.3 is 25.1 Å². The van der Waals surface area contributed by atoms with Crippen LogP contribution in [-0.2, 0) is 11.4 Å². The number of amides is 2. The number of aromatic nitrogens is 2. The van der Waals surface area contributed by atoms with Crippen molar-refractivity contribution in [1.82, 2.24) is 15.3 Å². The minimum absolute atomic E-state index is 0.0676. The van der Waals surface area contributed by atoms with E-state index in [9.17, 15) is 14.4 Å². The van der Waals surface area contributed by atoms with Crippen molar-refractivity contribution in [3.05, 3.63) is 94.5 Å². The Hall–Kier alpha value is -4.66. The summed E-state index contributed by atoms with van der Waals surface area (Å²) in [6.45, 7) is -0.0407. The average molecular weight is 458 g/mol. The molecule has 3 N–H and O–H groups in total. The van der Waals surface area contributed by atoms with Crippen LogP contribution in [0.5, 0.6) is 11.5 Å². The van der Waals surface area contributed by atoms with Gasteiger partial charge >= 0.3 is 0 Å². The van der Waals surface area contributed by atoms with Crippen LogP contribution in [0.15, 0.2) is 78.0 Å². The summed E-state index contributed by atoms with van der Waals surface area (Å²) in [5.41, 5.74) is 1.50. The number of anilines is 1. The predicted molar refractivity (Wildman–Crippen MR) is 127 cm³/mol. The maximum Gasteiger partial charge on any atom is 0.257 e. The molecule has 2 aromatic carbocycles. The summed E-state index contributed by atoms with van der Waals surface area (Å²) in [6.07, 6.45) is 4.71. The fraction of sp³-hybridized carbons (Fsp3) is 0.120. The fourth-order valence-electron chi connectivity index (χ4n) is 3.31. The number of methoxy groups -OCH3 is 1. The topological polar surface area (TPSA) is 122 Å². The minimum Gasteiger partial charge on any atom is -0.493 e. The lowest BCUT2D eigenvalue weighted by atomic mass is 10.1. The summed E-state index contributed by atoms with van der Waals surface area (Å²) in [4.78, 5) is 44.4. The Bertz CT molecular complexity index is 1390. The van der Waals surface area contributed by atoms with Gasteiger partial charge in [-0.2, -0.15) is 0 Å². The Morgan fingerprint density at radius 3 is 2.71 bits per heavy atom. The van der Waals surface area contributed by atoms with Gasteiger partial charge in [-0.05, 0) is 30.3 Å². The van der Waals surface area contributed by atoms with E-state index in [1.54, 1.807) is 54.9 Å². The van der Waals surface area contributed by atoms with Crippen LogP contribution in [-0.4, -0.2) is 35.4 Å². The number of nitrogens with one attached hydrogen (secondary N) is 3. The van der Waals surface area contributed by atoms with E-state index in [0.717, 1.165) is 5.56 Å². The molecule has 0 atom stereocenters. The van der Waals surface area contributed by atoms with Gasteiger partial charge in [0.2, 0.25) is 11.3 Å². The zero-order valence-corrected chi connectivity index (χ0v) is 18.3. The van der Waals surface area contributed by atoms with Crippen molar-refractivity contribution in [2.45, 2.75) is 6.61 Å². The zero-order valence-electron chi connectivity index (χ0n) is 18.3. The Morgan fingerprint density at radius 1 is 1.06 bits per heavy atom. The molecule has 172 valence electrons. The van der Waals surface area contributed by atoms with Crippen molar-refractivity contribution in [2.24, 2.45) is 0 Å². The maximum atomic E-state index is 12.6. The van der Waals surface area contributed by atoms with Gasteiger partial charge in [-0.25, -0.2) is 0 Å². The van der Waals surface area contributed by atoms with Gasteiger partial charge in [0.05, 0.1) is 13.7 Å². The van der Waals surface area contributed by atoms with Crippen molar-refractivity contribution in [3.8, 4) is 11.5 Å². The molecule has 9 heteroatoms. The largest absolute Gasteiger partial charge is 0.493 e. The van der Waals surface area contributed by atoms with Gasteiger partial charge in [0.15, 0.2) is 11.5 Å². The van der Waals surface area contributed by atoms with E-state index >= 15 is 0 Å². The number of hydrogen-bond donors (Lipinski definition) is 3. The molecule has 0 spiro atoms. The highest BCUT2D eigenvalue weighted by atomic mass is 16.5. The molecule has 4 rings (SSSR count). The van der Waals surface area contributed by atoms with E-state index in [1.807, 2.05) is 12.1 Å². The zero-order chi connectivity index (χ0) is 23.9. The third-order valence-electron chi connectivity index (χ3n) is 5.01. The SMILES string of the molecule is COc1ccc(NC(=O)CNC(=O)c2c[nH]c3ccccc3c2=O)cc1OCc1cccnc1. The molecule has 0 fully saturated rings. The molecule has 2 aromatic heterocycles. The van der Waals surface area contributed by atoms with Gasteiger partial charge in [0.25, 0.3) is 5.91 Å². The molecule has 9 nitrogen and oxygen atoms in total. The lowest BCUT2D eigenvalue weighted by Crippen LogP contribution is -2.35. The Morgan fingerprint density at radius 2 is 1.91 bits per heavy atom. The van der Waals surface area contributed by atoms with Crippen LogP contribution >= 0.6 is 0 Å². The summed E-state index contributed by atoms with van der Waals surface area (Å²) in [7, 11) is 1.52. The summed E-state index contributed by atoms with van der Waals surface area (Å²) in [5, 5.41) is 5.57. The molecule has 2 heterocycles. The smallest absolute Gasteiger partial charge is 0.257 e. The molecule has 2 amide bonds. The predicted octanol–water partition coefficient (Wildman–Crippen LogP) is 2.88. The van der Waals surface area contributed by atoms with E-state index < -0.39 is 17.2 Å². The van der Waals surface area contributed by atoms with E-state index in [-0.39, 0.29) is 18.7 Å². The number of fused-ring (bicyclic) bond motifs is 1. The summed E-state index contributed by atoms with van der Waals surface area (Å²) >= 11 is 0. The third kappa shape index (κ3) is 5.21. The number of benzene rings is 2. The first-order chi connectivity index (χ1) is 16.5. The Kier molecular flexibility index (Phi) is 6.83. The Balaban J connectivity index is 1.38. The lowest BCUT2D eigenvalue weighted by molar-refractivity contribution is -0.115. The third-order valence-corrected chi connectivity index (χ3v) is 5.01. The quantitative estimate of drug-likeness (QED) is 0.373.